The lowest BCUT2D eigenvalue weighted by Gasteiger charge is -2.48. The van der Waals surface area contributed by atoms with Crippen molar-refractivity contribution >= 4 is 5.91 Å². The van der Waals surface area contributed by atoms with Crippen LogP contribution in [0.4, 0.5) is 0 Å². The maximum Gasteiger partial charge on any atom is 0.259 e. The average molecular weight is 353 g/mol. The molecule has 1 amide bonds. The van der Waals surface area contributed by atoms with E-state index in [0.29, 0.717) is 36.5 Å². The third-order valence-corrected chi connectivity index (χ3v) is 5.85. The van der Waals surface area contributed by atoms with Crippen LogP contribution in [0.15, 0.2) is 41.1 Å². The Kier molecular flexibility index (Phi) is 4.02. The van der Waals surface area contributed by atoms with Crippen LogP contribution in [-0.2, 0) is 4.74 Å². The first-order chi connectivity index (χ1) is 12.8. The van der Waals surface area contributed by atoms with Crippen molar-refractivity contribution in [3.63, 3.8) is 0 Å². The minimum Gasteiger partial charge on any atom is -0.378 e. The molecule has 2 atom stereocenters. The van der Waals surface area contributed by atoms with Gasteiger partial charge in [-0.3, -0.25) is 9.69 Å². The van der Waals surface area contributed by atoms with E-state index >= 15 is 0 Å². The normalized spacial score (nSPS) is 26.5. The van der Waals surface area contributed by atoms with E-state index in [1.165, 1.54) is 19.1 Å². The molecule has 2 aromatic rings. The Hall–Kier alpha value is -2.18. The summed E-state index contributed by atoms with van der Waals surface area (Å²) in [6, 6.07) is 10.6. The number of carbonyl (C=O) groups is 1. The molecule has 0 radical (unpaired) electrons. The maximum atomic E-state index is 13.1. The van der Waals surface area contributed by atoms with Crippen LogP contribution in [0.1, 0.15) is 23.2 Å². The van der Waals surface area contributed by atoms with Crippen molar-refractivity contribution in [3.8, 4) is 11.3 Å². The van der Waals surface area contributed by atoms with Gasteiger partial charge in [0.2, 0.25) is 0 Å². The molecule has 3 heterocycles. The Balaban J connectivity index is 1.34. The molecule has 0 unspecified atom stereocenters. The van der Waals surface area contributed by atoms with Gasteiger partial charge in [-0.25, -0.2) is 0 Å². The van der Waals surface area contributed by atoms with E-state index in [4.69, 9.17) is 9.26 Å². The van der Waals surface area contributed by atoms with E-state index in [2.05, 4.69) is 10.1 Å². The highest BCUT2D eigenvalue weighted by molar-refractivity contribution is 5.99. The number of aromatic nitrogens is 1. The summed E-state index contributed by atoms with van der Waals surface area (Å²) in [6.45, 7) is 3.94. The van der Waals surface area contributed by atoms with Crippen LogP contribution in [-0.4, -0.2) is 65.8 Å². The predicted octanol–water partition coefficient (Wildman–Crippen LogP) is 2.28. The quantitative estimate of drug-likeness (QED) is 0.847. The molecular formula is C20H23N3O3. The fourth-order valence-electron chi connectivity index (χ4n) is 4.31. The first-order valence-electron chi connectivity index (χ1n) is 9.44. The minimum absolute atomic E-state index is 0.00158. The number of amides is 1. The molecular weight excluding hydrogens is 330 g/mol. The van der Waals surface area contributed by atoms with Gasteiger partial charge in [-0.1, -0.05) is 35.5 Å². The predicted molar refractivity (Wildman–Crippen MR) is 95.7 cm³/mol. The molecule has 3 aliphatic rings. The molecule has 6 nitrogen and oxygen atoms in total. The number of benzene rings is 1. The third-order valence-electron chi connectivity index (χ3n) is 5.85. The summed E-state index contributed by atoms with van der Waals surface area (Å²) >= 11 is 0. The summed E-state index contributed by atoms with van der Waals surface area (Å²) in [5, 5.41) is 4.07. The number of morpholine rings is 1. The monoisotopic (exact) mass is 353 g/mol. The van der Waals surface area contributed by atoms with Gasteiger partial charge in [0, 0.05) is 31.2 Å². The number of hydrogen-bond acceptors (Lipinski definition) is 5. The molecule has 1 aromatic heterocycles. The third kappa shape index (κ3) is 2.83. The topological polar surface area (TPSA) is 58.8 Å². The number of nitrogens with zero attached hydrogens (tertiary/aromatic N) is 3. The highest BCUT2D eigenvalue weighted by atomic mass is 16.5. The number of piperazine rings is 1. The lowest BCUT2D eigenvalue weighted by Crippen LogP contribution is -2.63. The van der Waals surface area contributed by atoms with Gasteiger partial charge < -0.3 is 14.2 Å². The molecule has 0 N–H and O–H groups in total. The standard InChI is InChI=1S/C20H23N3O3/c24-20(17-12-26-21-19(17)15-4-2-1-3-5-15)22-8-9-23-16(10-22)11-25-13-18(23)14-6-7-14/h1-5,12,14,16,18H,6-11,13H2/t16-,18-/m1/s1. The summed E-state index contributed by atoms with van der Waals surface area (Å²) in [5.41, 5.74) is 2.06. The van der Waals surface area contributed by atoms with E-state index in [9.17, 15) is 4.79 Å². The van der Waals surface area contributed by atoms with Crippen molar-refractivity contribution in [2.24, 2.45) is 5.92 Å². The highest BCUT2D eigenvalue weighted by Gasteiger charge is 2.43. The van der Waals surface area contributed by atoms with Crippen LogP contribution in [0.25, 0.3) is 11.3 Å². The Bertz CT molecular complexity index is 787. The second kappa shape index (κ2) is 6.52. The summed E-state index contributed by atoms with van der Waals surface area (Å²) in [5.74, 6) is 0.793. The zero-order chi connectivity index (χ0) is 17.5. The van der Waals surface area contributed by atoms with Gasteiger partial charge >= 0.3 is 0 Å². The molecule has 6 heteroatoms. The SMILES string of the molecule is O=C(c1conc1-c1ccccc1)N1CCN2[C@@H](COC[C@@H]2C2CC2)C1. The average Bonchev–Trinajstić information content (AvgIpc) is 3.43. The lowest BCUT2D eigenvalue weighted by molar-refractivity contribution is -0.0816. The first-order valence-corrected chi connectivity index (χ1v) is 9.44. The number of rotatable bonds is 3. The molecule has 5 rings (SSSR count). The fraction of sp³-hybridized carbons (Fsp3) is 0.500. The van der Waals surface area contributed by atoms with Gasteiger partial charge in [0.1, 0.15) is 17.5 Å². The molecule has 2 saturated heterocycles. The van der Waals surface area contributed by atoms with Crippen LogP contribution in [0, 0.1) is 5.92 Å². The molecule has 26 heavy (non-hydrogen) atoms. The van der Waals surface area contributed by atoms with E-state index in [-0.39, 0.29) is 5.91 Å². The van der Waals surface area contributed by atoms with E-state index in [0.717, 1.165) is 31.2 Å². The van der Waals surface area contributed by atoms with Crippen LogP contribution in [0.3, 0.4) is 0 Å². The first kappa shape index (κ1) is 16.0. The summed E-state index contributed by atoms with van der Waals surface area (Å²) < 4.78 is 11.0. The van der Waals surface area contributed by atoms with Crippen molar-refractivity contribution in [2.45, 2.75) is 24.9 Å². The number of carbonyl (C=O) groups excluding carboxylic acids is 1. The zero-order valence-electron chi connectivity index (χ0n) is 14.7. The smallest absolute Gasteiger partial charge is 0.259 e. The van der Waals surface area contributed by atoms with Crippen LogP contribution < -0.4 is 0 Å². The van der Waals surface area contributed by atoms with Gasteiger partial charge in [0.15, 0.2) is 0 Å². The summed E-state index contributed by atoms with van der Waals surface area (Å²) in [6.07, 6.45) is 4.11. The Labute approximate surface area is 152 Å². The van der Waals surface area contributed by atoms with Crippen molar-refractivity contribution in [1.82, 2.24) is 15.0 Å². The van der Waals surface area contributed by atoms with E-state index in [1.54, 1.807) is 0 Å². The molecule has 2 aliphatic heterocycles. The summed E-state index contributed by atoms with van der Waals surface area (Å²) in [4.78, 5) is 17.6. The molecule has 136 valence electrons. The Morgan fingerprint density at radius 2 is 1.96 bits per heavy atom. The van der Waals surface area contributed by atoms with Crippen LogP contribution in [0.5, 0.6) is 0 Å². The highest BCUT2D eigenvalue weighted by Crippen LogP contribution is 2.38. The maximum absolute atomic E-state index is 13.1. The largest absolute Gasteiger partial charge is 0.378 e. The second-order valence-corrected chi connectivity index (χ2v) is 7.53. The number of fused-ring (bicyclic) bond motifs is 1. The van der Waals surface area contributed by atoms with Gasteiger partial charge in [-0.2, -0.15) is 0 Å². The fourth-order valence-corrected chi connectivity index (χ4v) is 4.31. The zero-order valence-corrected chi connectivity index (χ0v) is 14.7. The minimum atomic E-state index is -0.00158. The Morgan fingerprint density at radius 1 is 1.12 bits per heavy atom. The van der Waals surface area contributed by atoms with Crippen LogP contribution >= 0.6 is 0 Å². The lowest BCUT2D eigenvalue weighted by atomic mass is 10.0. The number of hydrogen-bond donors (Lipinski definition) is 0. The molecule has 0 spiro atoms. The van der Waals surface area contributed by atoms with Gasteiger partial charge in [-0.05, 0) is 18.8 Å². The second-order valence-electron chi connectivity index (χ2n) is 7.53. The van der Waals surface area contributed by atoms with Crippen molar-refractivity contribution in [2.75, 3.05) is 32.8 Å². The number of ether oxygens (including phenoxy) is 1. The van der Waals surface area contributed by atoms with Gasteiger partial charge in [0.05, 0.1) is 19.3 Å². The summed E-state index contributed by atoms with van der Waals surface area (Å²) in [7, 11) is 0. The molecule has 1 saturated carbocycles. The van der Waals surface area contributed by atoms with Crippen LogP contribution in [0.2, 0.25) is 0 Å². The van der Waals surface area contributed by atoms with E-state index < -0.39 is 0 Å². The molecule has 0 bridgehead atoms. The molecule has 1 aromatic carbocycles. The van der Waals surface area contributed by atoms with Gasteiger partial charge in [-0.15, -0.1) is 0 Å². The van der Waals surface area contributed by atoms with Gasteiger partial charge in [0.25, 0.3) is 5.91 Å². The van der Waals surface area contributed by atoms with E-state index in [1.807, 2.05) is 35.2 Å². The van der Waals surface area contributed by atoms with Crippen molar-refractivity contribution in [1.29, 1.82) is 0 Å². The van der Waals surface area contributed by atoms with Crippen molar-refractivity contribution < 1.29 is 14.1 Å². The van der Waals surface area contributed by atoms with Crippen molar-refractivity contribution in [3.05, 3.63) is 42.2 Å². The molecule has 1 aliphatic carbocycles. The Morgan fingerprint density at radius 3 is 2.77 bits per heavy atom. The molecule has 3 fully saturated rings.